The predicted octanol–water partition coefficient (Wildman–Crippen LogP) is 3.95. The van der Waals surface area contributed by atoms with Crippen LogP contribution in [0.5, 0.6) is 0 Å². The zero-order valence-electron chi connectivity index (χ0n) is 17.3. The van der Waals surface area contributed by atoms with Crippen LogP contribution in [0.25, 0.3) is 10.9 Å². The van der Waals surface area contributed by atoms with Crippen LogP contribution >= 0.6 is 0 Å². The molecule has 1 saturated heterocycles. The van der Waals surface area contributed by atoms with E-state index in [0.717, 1.165) is 17.3 Å². The summed E-state index contributed by atoms with van der Waals surface area (Å²) >= 11 is 0. The maximum Gasteiger partial charge on any atom is 0.270 e. The van der Waals surface area contributed by atoms with E-state index in [9.17, 15) is 9.59 Å². The van der Waals surface area contributed by atoms with Crippen molar-refractivity contribution in [1.29, 1.82) is 0 Å². The summed E-state index contributed by atoms with van der Waals surface area (Å²) in [4.78, 5) is 32.7. The molecule has 2 aromatic carbocycles. The Kier molecular flexibility index (Phi) is 5.14. The Bertz CT molecular complexity index is 1060. The van der Waals surface area contributed by atoms with Gasteiger partial charge in [-0.05, 0) is 61.2 Å². The molecule has 0 atom stereocenters. The maximum absolute atomic E-state index is 13.0. The van der Waals surface area contributed by atoms with E-state index in [4.69, 9.17) is 0 Å². The average molecular weight is 389 g/mol. The summed E-state index contributed by atoms with van der Waals surface area (Å²) in [5.74, 6) is 0.0362. The van der Waals surface area contributed by atoms with E-state index < -0.39 is 0 Å². The third-order valence-corrected chi connectivity index (χ3v) is 5.78. The number of benzene rings is 2. The van der Waals surface area contributed by atoms with Gasteiger partial charge in [-0.25, -0.2) is 0 Å². The van der Waals surface area contributed by atoms with Crippen LogP contribution in [0.15, 0.2) is 42.5 Å². The van der Waals surface area contributed by atoms with Crippen molar-refractivity contribution in [2.75, 3.05) is 26.2 Å². The Morgan fingerprint density at radius 1 is 0.897 bits per heavy atom. The summed E-state index contributed by atoms with van der Waals surface area (Å²) in [6.45, 7) is 8.42. The zero-order chi connectivity index (χ0) is 20.5. The highest BCUT2D eigenvalue weighted by atomic mass is 16.2. The van der Waals surface area contributed by atoms with E-state index in [2.05, 4.69) is 37.9 Å². The number of H-pyrrole nitrogens is 1. The Balaban J connectivity index is 1.43. The number of nitrogens with one attached hydrogen (secondary N) is 1. The number of aryl methyl sites for hydroxylation is 3. The minimum absolute atomic E-state index is 0.00218. The number of carbonyl (C=O) groups excluding carboxylic acids is 2. The second kappa shape index (κ2) is 7.74. The molecule has 3 aromatic rings. The molecule has 4 rings (SSSR count). The molecule has 0 bridgehead atoms. The summed E-state index contributed by atoms with van der Waals surface area (Å²) < 4.78 is 0. The molecule has 1 aliphatic rings. The van der Waals surface area contributed by atoms with Crippen LogP contribution < -0.4 is 0 Å². The van der Waals surface area contributed by atoms with Gasteiger partial charge < -0.3 is 14.8 Å². The predicted molar refractivity (Wildman–Crippen MR) is 115 cm³/mol. The summed E-state index contributed by atoms with van der Waals surface area (Å²) in [6, 6.07) is 13.9. The van der Waals surface area contributed by atoms with Crippen LogP contribution in [0.3, 0.4) is 0 Å². The van der Waals surface area contributed by atoms with Crippen LogP contribution in [0, 0.1) is 13.8 Å². The van der Waals surface area contributed by atoms with Gasteiger partial charge in [0.15, 0.2) is 0 Å². The van der Waals surface area contributed by atoms with Gasteiger partial charge in [-0.1, -0.05) is 25.1 Å². The Hall–Kier alpha value is -3.08. The fraction of sp³-hybridized carbons (Fsp3) is 0.333. The summed E-state index contributed by atoms with van der Waals surface area (Å²) in [7, 11) is 0. The SMILES string of the molecule is CCc1ccc(C(=O)N2CCN(C(=O)c3cc4c(C)cc(C)cc4[nH]3)CC2)cc1. The standard InChI is InChI=1S/C24H27N3O2/c1-4-18-5-7-19(8-6-18)23(28)26-9-11-27(12-10-26)24(29)22-15-20-17(3)13-16(2)14-21(20)25-22/h5-8,13-15,25H,4,9-12H2,1-3H3. The maximum atomic E-state index is 13.0. The Morgan fingerprint density at radius 2 is 1.52 bits per heavy atom. The van der Waals surface area contributed by atoms with Crippen LogP contribution in [-0.2, 0) is 6.42 Å². The van der Waals surface area contributed by atoms with Crippen molar-refractivity contribution in [3.8, 4) is 0 Å². The van der Waals surface area contributed by atoms with Crippen LogP contribution in [0.4, 0.5) is 0 Å². The summed E-state index contributed by atoms with van der Waals surface area (Å²) in [6.07, 6.45) is 0.960. The number of amides is 2. The molecule has 0 aliphatic carbocycles. The lowest BCUT2D eigenvalue weighted by Gasteiger charge is -2.34. The quantitative estimate of drug-likeness (QED) is 0.738. The van der Waals surface area contributed by atoms with Crippen molar-refractivity contribution in [2.45, 2.75) is 27.2 Å². The minimum Gasteiger partial charge on any atom is -0.351 e. The van der Waals surface area contributed by atoms with Crippen molar-refractivity contribution in [3.05, 3.63) is 70.4 Å². The molecule has 2 heterocycles. The molecular weight excluding hydrogens is 362 g/mol. The van der Waals surface area contributed by atoms with E-state index in [-0.39, 0.29) is 11.8 Å². The molecule has 1 fully saturated rings. The van der Waals surface area contributed by atoms with Gasteiger partial charge in [0, 0.05) is 42.6 Å². The third-order valence-electron chi connectivity index (χ3n) is 5.78. The molecule has 29 heavy (non-hydrogen) atoms. The molecule has 1 aromatic heterocycles. The van der Waals surface area contributed by atoms with Crippen LogP contribution in [0.1, 0.15) is 44.5 Å². The monoisotopic (exact) mass is 389 g/mol. The van der Waals surface area contributed by atoms with E-state index in [0.29, 0.717) is 37.4 Å². The Morgan fingerprint density at radius 3 is 2.14 bits per heavy atom. The first-order chi connectivity index (χ1) is 14.0. The van der Waals surface area contributed by atoms with Crippen molar-refractivity contribution in [2.24, 2.45) is 0 Å². The minimum atomic E-state index is -0.00218. The van der Waals surface area contributed by atoms with Gasteiger partial charge in [0.2, 0.25) is 0 Å². The third kappa shape index (κ3) is 3.77. The number of piperazine rings is 1. The number of nitrogens with zero attached hydrogens (tertiary/aromatic N) is 2. The van der Waals surface area contributed by atoms with Crippen molar-refractivity contribution < 1.29 is 9.59 Å². The van der Waals surface area contributed by atoms with Crippen molar-refractivity contribution in [1.82, 2.24) is 14.8 Å². The van der Waals surface area contributed by atoms with Crippen molar-refractivity contribution in [3.63, 3.8) is 0 Å². The molecule has 0 spiro atoms. The molecule has 1 N–H and O–H groups in total. The van der Waals surface area contributed by atoms with E-state index >= 15 is 0 Å². The Labute approximate surface area is 171 Å². The zero-order valence-corrected chi connectivity index (χ0v) is 17.3. The fourth-order valence-corrected chi connectivity index (χ4v) is 4.06. The molecule has 0 unspecified atom stereocenters. The normalized spacial score (nSPS) is 14.4. The van der Waals surface area contributed by atoms with E-state index in [1.54, 1.807) is 0 Å². The number of aromatic nitrogens is 1. The average Bonchev–Trinajstić information content (AvgIpc) is 3.17. The molecule has 5 nitrogen and oxygen atoms in total. The van der Waals surface area contributed by atoms with Crippen LogP contribution in [0.2, 0.25) is 0 Å². The molecular formula is C24H27N3O2. The molecule has 2 amide bonds. The number of fused-ring (bicyclic) bond motifs is 1. The second-order valence-electron chi connectivity index (χ2n) is 7.86. The highest BCUT2D eigenvalue weighted by Gasteiger charge is 2.26. The smallest absolute Gasteiger partial charge is 0.270 e. The van der Waals surface area contributed by atoms with Gasteiger partial charge >= 0.3 is 0 Å². The molecule has 5 heteroatoms. The lowest BCUT2D eigenvalue weighted by Crippen LogP contribution is -2.50. The molecule has 1 aliphatic heterocycles. The van der Waals surface area contributed by atoms with Crippen molar-refractivity contribution >= 4 is 22.7 Å². The second-order valence-corrected chi connectivity index (χ2v) is 7.86. The fourth-order valence-electron chi connectivity index (χ4n) is 4.06. The number of hydrogen-bond acceptors (Lipinski definition) is 2. The highest BCUT2D eigenvalue weighted by molar-refractivity contribution is 5.99. The number of hydrogen-bond donors (Lipinski definition) is 1. The van der Waals surface area contributed by atoms with Gasteiger partial charge in [-0.3, -0.25) is 9.59 Å². The van der Waals surface area contributed by atoms with E-state index in [1.165, 1.54) is 16.7 Å². The number of rotatable bonds is 3. The van der Waals surface area contributed by atoms with Gasteiger partial charge in [-0.15, -0.1) is 0 Å². The molecule has 0 radical (unpaired) electrons. The molecule has 0 saturated carbocycles. The van der Waals surface area contributed by atoms with Gasteiger partial charge in [-0.2, -0.15) is 0 Å². The lowest BCUT2D eigenvalue weighted by molar-refractivity contribution is 0.0533. The van der Waals surface area contributed by atoms with E-state index in [1.807, 2.05) is 40.1 Å². The highest BCUT2D eigenvalue weighted by Crippen LogP contribution is 2.22. The largest absolute Gasteiger partial charge is 0.351 e. The first-order valence-corrected chi connectivity index (χ1v) is 10.2. The summed E-state index contributed by atoms with van der Waals surface area (Å²) in [5, 5.41) is 1.09. The van der Waals surface area contributed by atoms with Gasteiger partial charge in [0.25, 0.3) is 11.8 Å². The first kappa shape index (κ1) is 19.2. The summed E-state index contributed by atoms with van der Waals surface area (Å²) in [5.41, 5.74) is 5.89. The topological polar surface area (TPSA) is 56.4 Å². The van der Waals surface area contributed by atoms with Gasteiger partial charge in [0.1, 0.15) is 5.69 Å². The number of carbonyl (C=O) groups is 2. The van der Waals surface area contributed by atoms with Gasteiger partial charge in [0.05, 0.1) is 0 Å². The lowest BCUT2D eigenvalue weighted by atomic mass is 10.1. The van der Waals surface area contributed by atoms with Crippen LogP contribution in [-0.4, -0.2) is 52.8 Å². The first-order valence-electron chi connectivity index (χ1n) is 10.2. The number of aromatic amines is 1. The molecule has 150 valence electrons.